The van der Waals surface area contributed by atoms with Crippen LogP contribution in [-0.2, 0) is 9.59 Å². The molecule has 1 aliphatic rings. The minimum absolute atomic E-state index is 0.0164. The van der Waals surface area contributed by atoms with Gasteiger partial charge in [-0.1, -0.05) is 26.7 Å². The molecule has 1 fully saturated rings. The molecule has 1 rings (SSSR count). The fourth-order valence-corrected chi connectivity index (χ4v) is 1.57. The first-order chi connectivity index (χ1) is 7.04. The van der Waals surface area contributed by atoms with Crippen LogP contribution in [0.4, 0.5) is 0 Å². The van der Waals surface area contributed by atoms with Crippen LogP contribution >= 0.6 is 0 Å². The van der Waals surface area contributed by atoms with Gasteiger partial charge in [-0.15, -0.1) is 0 Å². The average molecular weight is 213 g/mol. The number of rotatable bonds is 2. The molecule has 3 heteroatoms. The molecule has 0 saturated carbocycles. The van der Waals surface area contributed by atoms with E-state index in [-0.39, 0.29) is 17.7 Å². The number of amides is 1. The number of likely N-dealkylation sites (tertiary alicyclic amines) is 1. The molecule has 1 amide bonds. The van der Waals surface area contributed by atoms with Crippen molar-refractivity contribution < 1.29 is 9.59 Å². The second-order valence-corrected chi connectivity index (χ2v) is 3.98. The molecule has 15 heavy (non-hydrogen) atoms. The van der Waals surface area contributed by atoms with Crippen molar-refractivity contribution in [2.75, 3.05) is 6.54 Å². The molecule has 1 saturated heterocycles. The first kappa shape index (κ1) is 14.1. The lowest BCUT2D eigenvalue weighted by atomic mass is 10.1. The summed E-state index contributed by atoms with van der Waals surface area (Å²) >= 11 is 0. The van der Waals surface area contributed by atoms with E-state index in [1.807, 2.05) is 0 Å². The van der Waals surface area contributed by atoms with Gasteiger partial charge in [0.25, 0.3) is 0 Å². The van der Waals surface area contributed by atoms with Crippen LogP contribution in [0.3, 0.4) is 0 Å². The highest BCUT2D eigenvalue weighted by molar-refractivity contribution is 5.87. The van der Waals surface area contributed by atoms with E-state index in [0.29, 0.717) is 0 Å². The molecule has 0 aromatic rings. The van der Waals surface area contributed by atoms with Crippen molar-refractivity contribution in [3.8, 4) is 0 Å². The van der Waals surface area contributed by atoms with Gasteiger partial charge in [-0.05, 0) is 19.8 Å². The summed E-state index contributed by atoms with van der Waals surface area (Å²) < 4.78 is 0. The number of hydrogen-bond acceptors (Lipinski definition) is 2. The molecular weight excluding hydrogens is 190 g/mol. The maximum Gasteiger partial charge on any atom is 0.220 e. The van der Waals surface area contributed by atoms with Gasteiger partial charge in [0.1, 0.15) is 0 Å². The van der Waals surface area contributed by atoms with E-state index in [1.165, 1.54) is 19.8 Å². The van der Waals surface area contributed by atoms with Crippen molar-refractivity contribution in [1.82, 2.24) is 4.90 Å². The van der Waals surface area contributed by atoms with Gasteiger partial charge in [-0.3, -0.25) is 9.59 Å². The zero-order chi connectivity index (χ0) is 11.8. The number of Topliss-reactive ketones (excluding diaryl/α,β-unsaturated/α-hetero) is 1. The Morgan fingerprint density at radius 1 is 1.20 bits per heavy atom. The molecule has 1 atom stereocenters. The zero-order valence-electron chi connectivity index (χ0n) is 10.4. The Hall–Kier alpha value is -0.860. The van der Waals surface area contributed by atoms with Gasteiger partial charge in [-0.2, -0.15) is 0 Å². The molecule has 0 radical (unpaired) electrons. The summed E-state index contributed by atoms with van der Waals surface area (Å²) in [5, 5.41) is 0. The minimum Gasteiger partial charge on any atom is -0.333 e. The summed E-state index contributed by atoms with van der Waals surface area (Å²) in [5.41, 5.74) is 0. The molecule has 0 aliphatic carbocycles. The molecular formula is C12H23NO2. The lowest BCUT2D eigenvalue weighted by molar-refractivity contribution is -0.135. The Balaban J connectivity index is 0.000000423. The quantitative estimate of drug-likeness (QED) is 0.706. The van der Waals surface area contributed by atoms with Crippen molar-refractivity contribution >= 4 is 11.7 Å². The van der Waals surface area contributed by atoms with Crippen LogP contribution in [0.15, 0.2) is 0 Å². The predicted molar refractivity (Wildman–Crippen MR) is 61.7 cm³/mol. The summed E-state index contributed by atoms with van der Waals surface area (Å²) in [6, 6.07) is -0.132. The molecule has 0 N–H and O–H groups in total. The fourth-order valence-electron chi connectivity index (χ4n) is 1.57. The lowest BCUT2D eigenvalue weighted by Crippen LogP contribution is -2.37. The number of ketones is 1. The molecule has 0 aromatic heterocycles. The Morgan fingerprint density at radius 3 is 2.00 bits per heavy atom. The third-order valence-corrected chi connectivity index (χ3v) is 2.63. The third-order valence-electron chi connectivity index (χ3n) is 2.63. The van der Waals surface area contributed by atoms with Crippen LogP contribution in [0.2, 0.25) is 0 Å². The van der Waals surface area contributed by atoms with Crippen molar-refractivity contribution in [3.63, 3.8) is 0 Å². The van der Waals surface area contributed by atoms with Crippen LogP contribution in [0.25, 0.3) is 0 Å². The molecule has 88 valence electrons. The van der Waals surface area contributed by atoms with Crippen LogP contribution in [-0.4, -0.2) is 29.2 Å². The molecule has 1 unspecified atom stereocenters. The topological polar surface area (TPSA) is 37.4 Å². The zero-order valence-corrected chi connectivity index (χ0v) is 10.4. The summed E-state index contributed by atoms with van der Waals surface area (Å²) in [7, 11) is 0. The first-order valence-electron chi connectivity index (χ1n) is 5.82. The van der Waals surface area contributed by atoms with Crippen LogP contribution in [0.1, 0.15) is 53.4 Å². The van der Waals surface area contributed by atoms with E-state index in [9.17, 15) is 9.59 Å². The van der Waals surface area contributed by atoms with Gasteiger partial charge in [0.15, 0.2) is 5.78 Å². The summed E-state index contributed by atoms with van der Waals surface area (Å²) in [5.74, 6) is 0.125. The highest BCUT2D eigenvalue weighted by Gasteiger charge is 2.29. The number of carbonyl (C=O) groups excluding carboxylic acids is 2. The average Bonchev–Trinajstić information content (AvgIpc) is 2.66. The minimum atomic E-state index is -0.132. The third kappa shape index (κ3) is 4.96. The van der Waals surface area contributed by atoms with Gasteiger partial charge in [0.05, 0.1) is 6.04 Å². The van der Waals surface area contributed by atoms with E-state index >= 15 is 0 Å². The van der Waals surface area contributed by atoms with Gasteiger partial charge in [0, 0.05) is 13.5 Å². The number of hydrogen-bond donors (Lipinski definition) is 0. The van der Waals surface area contributed by atoms with E-state index < -0.39 is 0 Å². The van der Waals surface area contributed by atoms with E-state index in [1.54, 1.807) is 11.8 Å². The fraction of sp³-hybridized carbons (Fsp3) is 0.833. The highest BCUT2D eigenvalue weighted by atomic mass is 16.2. The van der Waals surface area contributed by atoms with Gasteiger partial charge in [0.2, 0.25) is 5.91 Å². The second kappa shape index (κ2) is 7.43. The maximum absolute atomic E-state index is 11.0. The Morgan fingerprint density at radius 2 is 1.73 bits per heavy atom. The van der Waals surface area contributed by atoms with E-state index in [4.69, 9.17) is 0 Å². The van der Waals surface area contributed by atoms with Gasteiger partial charge >= 0.3 is 0 Å². The van der Waals surface area contributed by atoms with E-state index in [0.717, 1.165) is 19.4 Å². The van der Waals surface area contributed by atoms with Gasteiger partial charge < -0.3 is 4.90 Å². The van der Waals surface area contributed by atoms with Crippen molar-refractivity contribution in [2.45, 2.75) is 59.4 Å². The molecule has 0 spiro atoms. The SMILES string of the molecule is CC(=O)C1CCCN1C(C)=O.CCCC. The van der Waals surface area contributed by atoms with Gasteiger partial charge in [-0.25, -0.2) is 0 Å². The molecule has 0 bridgehead atoms. The second-order valence-electron chi connectivity index (χ2n) is 3.98. The number of unbranched alkanes of at least 4 members (excludes halogenated alkanes) is 1. The summed E-state index contributed by atoms with van der Waals surface area (Å²) in [6.07, 6.45) is 4.44. The van der Waals surface area contributed by atoms with Crippen LogP contribution < -0.4 is 0 Å². The monoisotopic (exact) mass is 213 g/mol. The van der Waals surface area contributed by atoms with Crippen molar-refractivity contribution in [1.29, 1.82) is 0 Å². The standard InChI is InChI=1S/C8H13NO2.C4H10/c1-6(10)8-4-3-5-9(8)7(2)11;1-3-4-2/h8H,3-5H2,1-2H3;3-4H2,1-2H3. The smallest absolute Gasteiger partial charge is 0.220 e. The molecule has 1 aliphatic heterocycles. The molecule has 3 nitrogen and oxygen atoms in total. The Bertz CT molecular complexity index is 192. The van der Waals surface area contributed by atoms with Crippen molar-refractivity contribution in [2.24, 2.45) is 0 Å². The maximum atomic E-state index is 11.0. The Labute approximate surface area is 92.8 Å². The number of nitrogens with zero attached hydrogens (tertiary/aromatic N) is 1. The van der Waals surface area contributed by atoms with Crippen LogP contribution in [0, 0.1) is 0 Å². The van der Waals surface area contributed by atoms with E-state index in [2.05, 4.69) is 13.8 Å². The number of carbonyl (C=O) groups is 2. The molecule has 0 aromatic carbocycles. The first-order valence-corrected chi connectivity index (χ1v) is 5.82. The predicted octanol–water partition coefficient (Wildman–Crippen LogP) is 2.39. The molecule has 1 heterocycles. The largest absolute Gasteiger partial charge is 0.333 e. The summed E-state index contributed by atoms with van der Waals surface area (Å²) in [6.45, 7) is 8.17. The summed E-state index contributed by atoms with van der Waals surface area (Å²) in [4.78, 5) is 23.6. The normalized spacial score (nSPS) is 19.5. The van der Waals surface area contributed by atoms with Crippen LogP contribution in [0.5, 0.6) is 0 Å². The lowest BCUT2D eigenvalue weighted by Gasteiger charge is -2.20. The highest BCUT2D eigenvalue weighted by Crippen LogP contribution is 2.17. The Kier molecular flexibility index (Phi) is 7.01. The van der Waals surface area contributed by atoms with Crippen molar-refractivity contribution in [3.05, 3.63) is 0 Å².